The lowest BCUT2D eigenvalue weighted by molar-refractivity contribution is 0.242. The number of benzene rings is 1. The van der Waals surface area contributed by atoms with Gasteiger partial charge >= 0.3 is 0 Å². The summed E-state index contributed by atoms with van der Waals surface area (Å²) < 4.78 is 5.77. The highest BCUT2D eigenvalue weighted by atomic mass is 16.5. The van der Waals surface area contributed by atoms with Crippen LogP contribution in [0.3, 0.4) is 0 Å². The van der Waals surface area contributed by atoms with E-state index in [0.29, 0.717) is 12.1 Å². The first kappa shape index (κ1) is 11.8. The summed E-state index contributed by atoms with van der Waals surface area (Å²) in [6, 6.07) is 9.79. The Labute approximate surface area is 109 Å². The van der Waals surface area contributed by atoms with Gasteiger partial charge in [-0.05, 0) is 56.4 Å². The molecule has 1 fully saturated rings. The number of fused-ring (bicyclic) bond motifs is 2. The molecule has 0 aromatic heterocycles. The molecule has 2 unspecified atom stereocenters. The van der Waals surface area contributed by atoms with Crippen LogP contribution < -0.4 is 10.1 Å². The SMILES string of the molecule is CC(C)Oc1cccc(C2=CC3CCC(C2)N3)c1. The van der Waals surface area contributed by atoms with Crippen molar-refractivity contribution in [3.8, 4) is 5.75 Å². The molecular formula is C16H21NO. The van der Waals surface area contributed by atoms with Crippen molar-refractivity contribution in [3.05, 3.63) is 35.9 Å². The van der Waals surface area contributed by atoms with Gasteiger partial charge in [0.1, 0.15) is 5.75 Å². The standard InChI is InChI=1S/C16H21NO/c1-11(2)18-16-5-3-4-12(10-16)13-8-14-6-7-15(9-13)17-14/h3-5,8,10-11,14-15,17H,6-7,9H2,1-2H3. The van der Waals surface area contributed by atoms with E-state index in [2.05, 4.69) is 43.4 Å². The highest BCUT2D eigenvalue weighted by Crippen LogP contribution is 2.33. The van der Waals surface area contributed by atoms with Crippen LogP contribution >= 0.6 is 0 Å². The second-order valence-corrected chi connectivity index (χ2v) is 5.64. The van der Waals surface area contributed by atoms with Crippen molar-refractivity contribution in [2.45, 2.75) is 51.3 Å². The Kier molecular flexibility index (Phi) is 3.13. The van der Waals surface area contributed by atoms with Gasteiger partial charge in [-0.2, -0.15) is 0 Å². The summed E-state index contributed by atoms with van der Waals surface area (Å²) in [5, 5.41) is 3.63. The van der Waals surface area contributed by atoms with E-state index < -0.39 is 0 Å². The molecule has 1 aromatic carbocycles. The molecule has 0 spiro atoms. The number of hydrogen-bond donors (Lipinski definition) is 1. The molecule has 0 aliphatic carbocycles. The summed E-state index contributed by atoms with van der Waals surface area (Å²) in [4.78, 5) is 0. The van der Waals surface area contributed by atoms with Crippen LogP contribution in [0.25, 0.3) is 5.57 Å². The molecule has 3 rings (SSSR count). The summed E-state index contributed by atoms with van der Waals surface area (Å²) in [6.45, 7) is 4.13. The lowest BCUT2D eigenvalue weighted by atomic mass is 9.96. The van der Waals surface area contributed by atoms with E-state index in [-0.39, 0.29) is 6.10 Å². The third kappa shape index (κ3) is 2.44. The summed E-state index contributed by atoms with van der Waals surface area (Å²) in [5.74, 6) is 0.981. The molecule has 0 saturated carbocycles. The van der Waals surface area contributed by atoms with Crippen molar-refractivity contribution in [1.29, 1.82) is 0 Å². The second-order valence-electron chi connectivity index (χ2n) is 5.64. The van der Waals surface area contributed by atoms with E-state index in [9.17, 15) is 0 Å². The molecule has 1 saturated heterocycles. The smallest absolute Gasteiger partial charge is 0.120 e. The van der Waals surface area contributed by atoms with Gasteiger partial charge in [-0.3, -0.25) is 0 Å². The molecule has 1 aromatic rings. The van der Waals surface area contributed by atoms with Crippen LogP contribution in [0, 0.1) is 0 Å². The maximum absolute atomic E-state index is 5.77. The molecule has 2 nitrogen and oxygen atoms in total. The lowest BCUT2D eigenvalue weighted by Gasteiger charge is -2.22. The third-order valence-corrected chi connectivity index (χ3v) is 3.72. The van der Waals surface area contributed by atoms with Gasteiger partial charge < -0.3 is 10.1 Å². The first-order valence-electron chi connectivity index (χ1n) is 6.94. The Morgan fingerprint density at radius 3 is 2.94 bits per heavy atom. The Balaban J connectivity index is 1.84. The van der Waals surface area contributed by atoms with Crippen LogP contribution in [0.2, 0.25) is 0 Å². The number of ether oxygens (including phenoxy) is 1. The average molecular weight is 243 g/mol. The Hall–Kier alpha value is -1.28. The summed E-state index contributed by atoms with van der Waals surface area (Å²) >= 11 is 0. The quantitative estimate of drug-likeness (QED) is 0.878. The normalized spacial score (nSPS) is 26.3. The molecule has 2 heteroatoms. The van der Waals surface area contributed by atoms with E-state index in [4.69, 9.17) is 4.74 Å². The third-order valence-electron chi connectivity index (χ3n) is 3.72. The first-order valence-corrected chi connectivity index (χ1v) is 6.94. The van der Waals surface area contributed by atoms with E-state index in [1.54, 1.807) is 0 Å². The predicted molar refractivity (Wildman–Crippen MR) is 74.7 cm³/mol. The average Bonchev–Trinajstić information content (AvgIpc) is 2.68. The Morgan fingerprint density at radius 1 is 1.28 bits per heavy atom. The van der Waals surface area contributed by atoms with Crippen LogP contribution in [-0.2, 0) is 0 Å². The van der Waals surface area contributed by atoms with E-state index in [0.717, 1.165) is 12.2 Å². The first-order chi connectivity index (χ1) is 8.70. The number of nitrogens with one attached hydrogen (secondary N) is 1. The summed E-state index contributed by atoms with van der Waals surface area (Å²) in [6.07, 6.45) is 6.39. The van der Waals surface area contributed by atoms with E-state index in [1.807, 2.05) is 6.07 Å². The highest BCUT2D eigenvalue weighted by Gasteiger charge is 2.28. The molecule has 0 radical (unpaired) electrons. The largest absolute Gasteiger partial charge is 0.491 e. The van der Waals surface area contributed by atoms with Gasteiger partial charge in [0.15, 0.2) is 0 Å². The van der Waals surface area contributed by atoms with Crippen molar-refractivity contribution >= 4 is 5.57 Å². The van der Waals surface area contributed by atoms with Crippen LogP contribution in [0.1, 0.15) is 38.7 Å². The van der Waals surface area contributed by atoms with Crippen molar-refractivity contribution in [1.82, 2.24) is 5.32 Å². The minimum absolute atomic E-state index is 0.235. The fourth-order valence-electron chi connectivity index (χ4n) is 2.97. The molecule has 2 aliphatic rings. The lowest BCUT2D eigenvalue weighted by Crippen LogP contribution is -2.31. The van der Waals surface area contributed by atoms with Crippen molar-refractivity contribution in [3.63, 3.8) is 0 Å². The van der Waals surface area contributed by atoms with Crippen molar-refractivity contribution < 1.29 is 4.74 Å². The van der Waals surface area contributed by atoms with Crippen molar-refractivity contribution in [2.75, 3.05) is 0 Å². The molecule has 1 N–H and O–H groups in total. The zero-order valence-electron chi connectivity index (χ0n) is 11.1. The van der Waals surface area contributed by atoms with E-state index in [1.165, 1.54) is 24.0 Å². The molecule has 2 bridgehead atoms. The number of hydrogen-bond acceptors (Lipinski definition) is 2. The van der Waals surface area contributed by atoms with Crippen LogP contribution in [0.5, 0.6) is 5.75 Å². The van der Waals surface area contributed by atoms with Crippen molar-refractivity contribution in [2.24, 2.45) is 0 Å². The van der Waals surface area contributed by atoms with Gasteiger partial charge in [0.2, 0.25) is 0 Å². The van der Waals surface area contributed by atoms with Crippen LogP contribution in [0.4, 0.5) is 0 Å². The van der Waals surface area contributed by atoms with Gasteiger partial charge in [-0.25, -0.2) is 0 Å². The molecule has 96 valence electrons. The Morgan fingerprint density at radius 2 is 2.17 bits per heavy atom. The van der Waals surface area contributed by atoms with Gasteiger partial charge in [0.25, 0.3) is 0 Å². The molecular weight excluding hydrogens is 222 g/mol. The predicted octanol–water partition coefficient (Wildman–Crippen LogP) is 3.38. The molecule has 0 amide bonds. The van der Waals surface area contributed by atoms with Gasteiger partial charge in [0, 0.05) is 12.1 Å². The van der Waals surface area contributed by atoms with Gasteiger partial charge in [-0.15, -0.1) is 0 Å². The topological polar surface area (TPSA) is 21.3 Å². The highest BCUT2D eigenvalue weighted by molar-refractivity contribution is 5.69. The fraction of sp³-hybridized carbons (Fsp3) is 0.500. The maximum atomic E-state index is 5.77. The monoisotopic (exact) mass is 243 g/mol. The zero-order chi connectivity index (χ0) is 12.5. The summed E-state index contributed by atoms with van der Waals surface area (Å²) in [7, 11) is 0. The summed E-state index contributed by atoms with van der Waals surface area (Å²) in [5.41, 5.74) is 2.81. The molecule has 2 aliphatic heterocycles. The van der Waals surface area contributed by atoms with Crippen LogP contribution in [0.15, 0.2) is 30.3 Å². The molecule has 18 heavy (non-hydrogen) atoms. The zero-order valence-corrected chi connectivity index (χ0v) is 11.1. The molecule has 2 atom stereocenters. The van der Waals surface area contributed by atoms with Crippen LogP contribution in [-0.4, -0.2) is 18.2 Å². The fourth-order valence-corrected chi connectivity index (χ4v) is 2.97. The number of rotatable bonds is 3. The van der Waals surface area contributed by atoms with E-state index >= 15 is 0 Å². The van der Waals surface area contributed by atoms with Gasteiger partial charge in [-0.1, -0.05) is 18.2 Å². The second kappa shape index (κ2) is 4.77. The molecule has 2 heterocycles. The van der Waals surface area contributed by atoms with Gasteiger partial charge in [0.05, 0.1) is 6.10 Å². The maximum Gasteiger partial charge on any atom is 0.120 e. The Bertz CT molecular complexity index is 464. The minimum Gasteiger partial charge on any atom is -0.491 e. The minimum atomic E-state index is 0.235.